The number of hydrogen-bond donors (Lipinski definition) is 2. The van der Waals surface area contributed by atoms with Crippen molar-refractivity contribution in [3.63, 3.8) is 0 Å². The number of rotatable bonds is 6. The first kappa shape index (κ1) is 19.4. The van der Waals surface area contributed by atoms with Gasteiger partial charge in [-0.2, -0.15) is 13.2 Å². The molecule has 0 bridgehead atoms. The van der Waals surface area contributed by atoms with Gasteiger partial charge in [-0.15, -0.1) is 22.7 Å². The number of nitrogens with zero attached hydrogens (tertiary/aromatic N) is 3. The number of hydrogen-bond acceptors (Lipinski definition) is 6. The predicted molar refractivity (Wildman–Crippen MR) is 98.8 cm³/mol. The molecule has 3 rings (SSSR count). The van der Waals surface area contributed by atoms with Crippen LogP contribution in [-0.4, -0.2) is 29.5 Å². The lowest BCUT2D eigenvalue weighted by molar-refractivity contribution is -0.140. The minimum absolute atomic E-state index is 0.369. The first-order valence-corrected chi connectivity index (χ1v) is 9.66. The lowest BCUT2D eigenvalue weighted by Gasteiger charge is -2.09. The van der Waals surface area contributed by atoms with Crippen molar-refractivity contribution in [3.05, 3.63) is 45.6 Å². The average Bonchev–Trinajstić information content (AvgIpc) is 3.38. The van der Waals surface area contributed by atoms with E-state index < -0.39 is 11.9 Å². The van der Waals surface area contributed by atoms with Crippen molar-refractivity contribution < 1.29 is 17.6 Å². The molecular weight excluding hydrogens is 399 g/mol. The van der Waals surface area contributed by atoms with E-state index in [-0.39, 0.29) is 0 Å². The van der Waals surface area contributed by atoms with Crippen molar-refractivity contribution in [2.24, 2.45) is 4.99 Å². The molecule has 0 saturated carbocycles. The number of guanidine groups is 1. The normalized spacial score (nSPS) is 12.4. The molecule has 6 nitrogen and oxygen atoms in total. The summed E-state index contributed by atoms with van der Waals surface area (Å²) in [7, 11) is 1.61. The van der Waals surface area contributed by atoms with Gasteiger partial charge >= 0.3 is 6.18 Å². The van der Waals surface area contributed by atoms with Gasteiger partial charge in [-0.1, -0.05) is 6.07 Å². The number of thiazole rings is 1. The first-order valence-electron chi connectivity index (χ1n) is 7.90. The van der Waals surface area contributed by atoms with Crippen LogP contribution in [0.5, 0.6) is 0 Å². The lowest BCUT2D eigenvalue weighted by atomic mass is 10.4. The number of oxazole rings is 1. The third-order valence-corrected chi connectivity index (χ3v) is 5.18. The Hall–Kier alpha value is -2.40. The number of thiophene rings is 1. The topological polar surface area (TPSA) is 75.3 Å². The summed E-state index contributed by atoms with van der Waals surface area (Å²) in [4.78, 5) is 13.0. The van der Waals surface area contributed by atoms with Gasteiger partial charge in [0.25, 0.3) is 0 Å². The van der Waals surface area contributed by atoms with E-state index in [1.54, 1.807) is 24.6 Å². The van der Waals surface area contributed by atoms with Crippen LogP contribution in [0.3, 0.4) is 0 Å². The van der Waals surface area contributed by atoms with Gasteiger partial charge in [-0.3, -0.25) is 4.99 Å². The largest absolute Gasteiger partial charge is 0.443 e. The van der Waals surface area contributed by atoms with E-state index in [9.17, 15) is 13.2 Å². The fraction of sp³-hybridized carbons (Fsp3) is 0.312. The number of nitrogens with one attached hydrogen (secondary N) is 2. The van der Waals surface area contributed by atoms with Gasteiger partial charge in [-0.25, -0.2) is 9.97 Å². The fourth-order valence-electron chi connectivity index (χ4n) is 2.14. The highest BCUT2D eigenvalue weighted by atomic mass is 32.1. The molecule has 0 aromatic carbocycles. The summed E-state index contributed by atoms with van der Waals surface area (Å²) in [6, 6.07) is 3.85. The number of halogens is 3. The molecule has 3 aromatic rings. The summed E-state index contributed by atoms with van der Waals surface area (Å²) in [5.41, 5.74) is -0.131. The van der Waals surface area contributed by atoms with Gasteiger partial charge < -0.3 is 15.1 Å². The Labute approximate surface area is 161 Å². The van der Waals surface area contributed by atoms with Crippen LogP contribution in [0, 0.1) is 0 Å². The highest BCUT2D eigenvalue weighted by Crippen LogP contribution is 2.30. The molecule has 3 heterocycles. The van der Waals surface area contributed by atoms with Crippen LogP contribution in [0.25, 0.3) is 10.8 Å². The van der Waals surface area contributed by atoms with Crippen molar-refractivity contribution in [2.75, 3.05) is 13.6 Å². The Kier molecular flexibility index (Phi) is 6.11. The molecule has 0 unspecified atom stereocenters. The van der Waals surface area contributed by atoms with Crippen molar-refractivity contribution in [1.29, 1.82) is 0 Å². The van der Waals surface area contributed by atoms with Gasteiger partial charge in [0, 0.05) is 25.4 Å². The summed E-state index contributed by atoms with van der Waals surface area (Å²) < 4.78 is 43.1. The molecule has 0 aliphatic rings. The van der Waals surface area contributed by atoms with Crippen molar-refractivity contribution in [1.82, 2.24) is 20.6 Å². The second kappa shape index (κ2) is 8.53. The minimum atomic E-state index is -4.40. The van der Waals surface area contributed by atoms with E-state index in [4.69, 9.17) is 4.42 Å². The summed E-state index contributed by atoms with van der Waals surface area (Å²) >= 11 is 2.54. The fourth-order valence-corrected chi connectivity index (χ4v) is 3.60. The number of aromatic nitrogens is 2. The van der Waals surface area contributed by atoms with Crippen LogP contribution in [0.2, 0.25) is 0 Å². The molecule has 0 fully saturated rings. The van der Waals surface area contributed by atoms with Crippen LogP contribution in [0.15, 0.2) is 38.6 Å². The van der Waals surface area contributed by atoms with E-state index in [1.807, 2.05) is 17.5 Å². The maximum atomic E-state index is 12.5. The smallest absolute Gasteiger partial charge is 0.434 e. The molecule has 11 heteroatoms. The van der Waals surface area contributed by atoms with Gasteiger partial charge in [0.05, 0.1) is 22.1 Å². The van der Waals surface area contributed by atoms with Crippen LogP contribution in [0.4, 0.5) is 13.2 Å². The monoisotopic (exact) mass is 415 g/mol. The maximum absolute atomic E-state index is 12.5. The van der Waals surface area contributed by atoms with Crippen LogP contribution in [-0.2, 0) is 19.1 Å². The molecule has 0 radical (unpaired) electrons. The standard InChI is InChI=1S/C16H16F3N5OS2/c1-20-15(21-5-4-13-24-12(9-27-13)16(17,18)19)22-7-10-8-25-14(23-10)11-3-2-6-26-11/h2-3,6,8-9H,4-5,7H2,1H3,(H2,20,21,22). The van der Waals surface area contributed by atoms with Gasteiger partial charge in [0.2, 0.25) is 5.89 Å². The molecule has 27 heavy (non-hydrogen) atoms. The second-order valence-corrected chi connectivity index (χ2v) is 7.24. The van der Waals surface area contributed by atoms with Crippen molar-refractivity contribution in [2.45, 2.75) is 19.1 Å². The summed E-state index contributed by atoms with van der Waals surface area (Å²) in [6.45, 7) is 0.813. The van der Waals surface area contributed by atoms with Crippen molar-refractivity contribution >= 4 is 28.6 Å². The highest BCUT2D eigenvalue weighted by molar-refractivity contribution is 7.13. The van der Waals surface area contributed by atoms with E-state index in [1.165, 1.54) is 0 Å². The predicted octanol–water partition coefficient (Wildman–Crippen LogP) is 3.79. The van der Waals surface area contributed by atoms with E-state index in [2.05, 4.69) is 25.6 Å². The zero-order valence-corrected chi connectivity index (χ0v) is 15.8. The molecule has 0 aliphatic carbocycles. The number of aliphatic imine (C=N–C) groups is 1. The quantitative estimate of drug-likeness (QED) is 0.473. The Morgan fingerprint density at radius 2 is 2.11 bits per heavy atom. The zero-order valence-electron chi connectivity index (χ0n) is 14.2. The number of alkyl halides is 3. The molecule has 0 amide bonds. The molecule has 3 aromatic heterocycles. The maximum Gasteiger partial charge on any atom is 0.434 e. The molecule has 0 aliphatic heterocycles. The van der Waals surface area contributed by atoms with Crippen LogP contribution < -0.4 is 10.6 Å². The molecule has 144 valence electrons. The first-order chi connectivity index (χ1) is 13.0. The SMILES string of the molecule is CN=C(NCCc1nc(C(F)(F)F)cs1)NCc1coc(-c2cccs2)n1. The lowest BCUT2D eigenvalue weighted by Crippen LogP contribution is -2.37. The molecule has 0 atom stereocenters. The zero-order chi connectivity index (χ0) is 19.3. The third kappa shape index (κ3) is 5.30. The molecule has 2 N–H and O–H groups in total. The Bertz CT molecular complexity index is 886. The summed E-state index contributed by atoms with van der Waals surface area (Å²) in [5.74, 6) is 1.08. The third-order valence-electron chi connectivity index (χ3n) is 3.42. The van der Waals surface area contributed by atoms with Gasteiger partial charge in [0.1, 0.15) is 6.26 Å². The van der Waals surface area contributed by atoms with Gasteiger partial charge in [0.15, 0.2) is 11.7 Å². The Morgan fingerprint density at radius 3 is 2.78 bits per heavy atom. The van der Waals surface area contributed by atoms with E-state index in [0.717, 1.165) is 27.3 Å². The summed E-state index contributed by atoms with van der Waals surface area (Å²) in [6.07, 6.45) is -2.46. The van der Waals surface area contributed by atoms with Crippen molar-refractivity contribution in [3.8, 4) is 10.8 Å². The Morgan fingerprint density at radius 1 is 1.26 bits per heavy atom. The summed E-state index contributed by atoms with van der Waals surface area (Å²) in [5, 5.41) is 9.51. The van der Waals surface area contributed by atoms with E-state index in [0.29, 0.717) is 36.4 Å². The molecule has 0 saturated heterocycles. The van der Waals surface area contributed by atoms with Crippen LogP contribution >= 0.6 is 22.7 Å². The van der Waals surface area contributed by atoms with E-state index >= 15 is 0 Å². The highest BCUT2D eigenvalue weighted by Gasteiger charge is 2.33. The second-order valence-electron chi connectivity index (χ2n) is 5.35. The average molecular weight is 415 g/mol. The minimum Gasteiger partial charge on any atom is -0.443 e. The van der Waals surface area contributed by atoms with Gasteiger partial charge in [-0.05, 0) is 11.4 Å². The Balaban J connectivity index is 1.45. The molecule has 0 spiro atoms. The van der Waals surface area contributed by atoms with Crippen LogP contribution in [0.1, 0.15) is 16.4 Å². The molecular formula is C16H16F3N5OS2.